The third kappa shape index (κ3) is 2.59. The van der Waals surface area contributed by atoms with Crippen LogP contribution in [0.3, 0.4) is 0 Å². The number of methoxy groups -OCH3 is 1. The average molecular weight is 254 g/mol. The van der Waals surface area contributed by atoms with Crippen LogP contribution in [0.2, 0.25) is 0 Å². The second-order valence-corrected chi connectivity index (χ2v) is 6.39. The van der Waals surface area contributed by atoms with E-state index in [1.807, 2.05) is 7.11 Å². The molecule has 1 unspecified atom stereocenters. The molecule has 0 amide bonds. The molecule has 0 aromatic rings. The van der Waals surface area contributed by atoms with Crippen molar-refractivity contribution in [3.8, 4) is 0 Å². The Morgan fingerprint density at radius 2 is 1.94 bits per heavy atom. The monoisotopic (exact) mass is 254 g/mol. The molecular weight excluding hydrogens is 224 g/mol. The Bertz CT molecular complexity index is 274. The second kappa shape index (κ2) is 5.48. The van der Waals surface area contributed by atoms with Gasteiger partial charge in [0.25, 0.3) is 0 Å². The van der Waals surface area contributed by atoms with Crippen LogP contribution in [0, 0.1) is 5.92 Å². The highest BCUT2D eigenvalue weighted by molar-refractivity contribution is 5.08. The maximum absolute atomic E-state index is 5.31. The number of piperazine rings is 1. The third-order valence-corrected chi connectivity index (χ3v) is 5.41. The van der Waals surface area contributed by atoms with Crippen molar-refractivity contribution in [2.24, 2.45) is 5.92 Å². The van der Waals surface area contributed by atoms with E-state index in [4.69, 9.17) is 4.74 Å². The average Bonchev–Trinajstić information content (AvgIpc) is 3.23. The molecule has 0 radical (unpaired) electrons. The second-order valence-electron chi connectivity index (χ2n) is 6.39. The third-order valence-electron chi connectivity index (χ3n) is 5.41. The normalized spacial score (nSPS) is 32.7. The molecule has 106 valence electrons. The van der Waals surface area contributed by atoms with Gasteiger partial charge in [-0.15, -0.1) is 0 Å². The first-order chi connectivity index (χ1) is 8.60. The first kappa shape index (κ1) is 14.3. The van der Waals surface area contributed by atoms with Gasteiger partial charge in [-0.2, -0.15) is 0 Å². The topological polar surface area (TPSA) is 24.5 Å². The maximum atomic E-state index is 5.31. The zero-order valence-electron chi connectivity index (χ0n) is 12.6. The lowest BCUT2D eigenvalue weighted by molar-refractivity contribution is -0.0159. The van der Waals surface area contributed by atoms with E-state index in [0.29, 0.717) is 11.1 Å². The molecule has 0 aromatic heterocycles. The standard InChI is InChI=1S/C15H30N2O/c1-5-15(6-2)12-17(9-10-18-4)14(3,11-16-15)13-7-8-13/h13,16H,5-12H2,1-4H3. The molecule has 3 nitrogen and oxygen atoms in total. The summed E-state index contributed by atoms with van der Waals surface area (Å²) in [7, 11) is 1.81. The minimum Gasteiger partial charge on any atom is -0.383 e. The summed E-state index contributed by atoms with van der Waals surface area (Å²) in [6.07, 6.45) is 5.25. The number of nitrogens with zero attached hydrogens (tertiary/aromatic N) is 1. The molecule has 1 aliphatic carbocycles. The molecule has 1 N–H and O–H groups in total. The Morgan fingerprint density at radius 1 is 1.28 bits per heavy atom. The zero-order chi connectivity index (χ0) is 13.2. The first-order valence-corrected chi connectivity index (χ1v) is 7.59. The molecule has 18 heavy (non-hydrogen) atoms. The highest BCUT2D eigenvalue weighted by Crippen LogP contribution is 2.45. The van der Waals surface area contributed by atoms with Crippen LogP contribution >= 0.6 is 0 Å². The van der Waals surface area contributed by atoms with E-state index in [9.17, 15) is 0 Å². The first-order valence-electron chi connectivity index (χ1n) is 7.59. The van der Waals surface area contributed by atoms with Gasteiger partial charge < -0.3 is 10.1 Å². The van der Waals surface area contributed by atoms with Gasteiger partial charge in [0.05, 0.1) is 6.61 Å². The number of hydrogen-bond donors (Lipinski definition) is 1. The van der Waals surface area contributed by atoms with Crippen LogP contribution in [0.15, 0.2) is 0 Å². The van der Waals surface area contributed by atoms with Crippen LogP contribution in [0.4, 0.5) is 0 Å². The Morgan fingerprint density at radius 3 is 2.44 bits per heavy atom. The SMILES string of the molecule is CCC1(CC)CN(CCOC)C(C)(C2CC2)CN1. The molecule has 1 aliphatic heterocycles. The fraction of sp³-hybridized carbons (Fsp3) is 1.00. The van der Waals surface area contributed by atoms with Gasteiger partial charge in [0.2, 0.25) is 0 Å². The molecule has 2 aliphatic rings. The number of rotatable bonds is 6. The molecule has 0 aromatic carbocycles. The number of hydrogen-bond acceptors (Lipinski definition) is 3. The van der Waals surface area contributed by atoms with E-state index in [1.54, 1.807) is 0 Å². The smallest absolute Gasteiger partial charge is 0.0589 e. The van der Waals surface area contributed by atoms with Crippen molar-refractivity contribution in [1.29, 1.82) is 0 Å². The summed E-state index contributed by atoms with van der Waals surface area (Å²) >= 11 is 0. The summed E-state index contributed by atoms with van der Waals surface area (Å²) in [5, 5.41) is 3.87. The molecular formula is C15H30N2O. The zero-order valence-corrected chi connectivity index (χ0v) is 12.6. The summed E-state index contributed by atoms with van der Waals surface area (Å²) in [6.45, 7) is 11.3. The molecule has 2 rings (SSSR count). The lowest BCUT2D eigenvalue weighted by atomic mass is 9.82. The van der Waals surface area contributed by atoms with Gasteiger partial charge in [0.1, 0.15) is 0 Å². The van der Waals surface area contributed by atoms with E-state index >= 15 is 0 Å². The summed E-state index contributed by atoms with van der Waals surface area (Å²) in [5.41, 5.74) is 0.675. The predicted octanol–water partition coefficient (Wildman–Crippen LogP) is 2.27. The van der Waals surface area contributed by atoms with Crippen molar-refractivity contribution < 1.29 is 4.74 Å². The highest BCUT2D eigenvalue weighted by atomic mass is 16.5. The molecule has 1 saturated heterocycles. The van der Waals surface area contributed by atoms with Crippen LogP contribution in [-0.2, 0) is 4.74 Å². The summed E-state index contributed by atoms with van der Waals surface area (Å²) in [5.74, 6) is 0.897. The van der Waals surface area contributed by atoms with E-state index < -0.39 is 0 Å². The van der Waals surface area contributed by atoms with Gasteiger partial charge in [-0.1, -0.05) is 13.8 Å². The fourth-order valence-electron chi connectivity index (χ4n) is 3.45. The Balaban J connectivity index is 2.09. The molecule has 1 saturated carbocycles. The predicted molar refractivity (Wildman–Crippen MR) is 75.9 cm³/mol. The molecule has 3 heteroatoms. The lowest BCUT2D eigenvalue weighted by Gasteiger charge is -2.53. The summed E-state index contributed by atoms with van der Waals surface area (Å²) in [6, 6.07) is 0. The van der Waals surface area contributed by atoms with Crippen molar-refractivity contribution in [3.05, 3.63) is 0 Å². The summed E-state index contributed by atoms with van der Waals surface area (Å²) in [4.78, 5) is 2.71. The van der Waals surface area contributed by atoms with Crippen molar-refractivity contribution >= 4 is 0 Å². The molecule has 2 fully saturated rings. The molecule has 0 spiro atoms. The van der Waals surface area contributed by atoms with Gasteiger partial charge >= 0.3 is 0 Å². The molecule has 1 atom stereocenters. The van der Waals surface area contributed by atoms with E-state index in [2.05, 4.69) is 31.0 Å². The highest BCUT2D eigenvalue weighted by Gasteiger charge is 2.50. The largest absolute Gasteiger partial charge is 0.383 e. The summed E-state index contributed by atoms with van der Waals surface area (Å²) < 4.78 is 5.31. The molecule has 1 heterocycles. The van der Waals surface area contributed by atoms with E-state index in [-0.39, 0.29) is 0 Å². The van der Waals surface area contributed by atoms with Gasteiger partial charge in [-0.3, -0.25) is 4.90 Å². The Labute approximate surface area is 112 Å². The van der Waals surface area contributed by atoms with Crippen molar-refractivity contribution in [3.63, 3.8) is 0 Å². The van der Waals surface area contributed by atoms with E-state index in [0.717, 1.165) is 25.6 Å². The maximum Gasteiger partial charge on any atom is 0.0589 e. The van der Waals surface area contributed by atoms with Crippen LogP contribution in [0.25, 0.3) is 0 Å². The van der Waals surface area contributed by atoms with E-state index in [1.165, 1.54) is 32.2 Å². The fourth-order valence-corrected chi connectivity index (χ4v) is 3.45. The molecule has 0 bridgehead atoms. The van der Waals surface area contributed by atoms with Gasteiger partial charge in [0.15, 0.2) is 0 Å². The van der Waals surface area contributed by atoms with Crippen LogP contribution in [0.5, 0.6) is 0 Å². The Hall–Kier alpha value is -0.120. The van der Waals surface area contributed by atoms with Crippen LogP contribution < -0.4 is 5.32 Å². The number of ether oxygens (including phenoxy) is 1. The van der Waals surface area contributed by atoms with Crippen molar-refractivity contribution in [1.82, 2.24) is 10.2 Å². The minimum atomic E-state index is 0.322. The van der Waals surface area contributed by atoms with Gasteiger partial charge in [0, 0.05) is 37.8 Å². The van der Waals surface area contributed by atoms with Crippen molar-refractivity contribution in [2.45, 2.75) is 57.5 Å². The quantitative estimate of drug-likeness (QED) is 0.787. The van der Waals surface area contributed by atoms with Crippen LogP contribution in [-0.4, -0.2) is 49.3 Å². The van der Waals surface area contributed by atoms with Crippen LogP contribution in [0.1, 0.15) is 46.5 Å². The van der Waals surface area contributed by atoms with Crippen molar-refractivity contribution in [2.75, 3.05) is 33.4 Å². The van der Waals surface area contributed by atoms with Gasteiger partial charge in [-0.05, 0) is 38.5 Å². The minimum absolute atomic E-state index is 0.322. The number of nitrogens with one attached hydrogen (secondary N) is 1. The Kier molecular flexibility index (Phi) is 4.35. The van der Waals surface area contributed by atoms with Gasteiger partial charge in [-0.25, -0.2) is 0 Å². The lowest BCUT2D eigenvalue weighted by Crippen LogP contribution is -2.70.